The van der Waals surface area contributed by atoms with Crippen LogP contribution in [0, 0.1) is 0 Å². The van der Waals surface area contributed by atoms with Gasteiger partial charge in [-0.2, -0.15) is 0 Å². The number of methoxy groups -OCH3 is 1. The lowest BCUT2D eigenvalue weighted by molar-refractivity contribution is -0.123. The Hall–Kier alpha value is -3.28. The number of rotatable bonds is 7. The highest BCUT2D eigenvalue weighted by molar-refractivity contribution is 6.35. The highest BCUT2D eigenvalue weighted by Gasteiger charge is 2.25. The van der Waals surface area contributed by atoms with Crippen molar-refractivity contribution in [2.45, 2.75) is 6.04 Å². The van der Waals surface area contributed by atoms with Crippen LogP contribution in [-0.4, -0.2) is 24.6 Å². The molecule has 0 aliphatic carbocycles. The van der Waals surface area contributed by atoms with Crippen LogP contribution in [0.3, 0.4) is 0 Å². The third-order valence-electron chi connectivity index (χ3n) is 4.97. The Morgan fingerprint density at radius 1 is 0.969 bits per heavy atom. The molecule has 1 atom stereocenters. The average molecular weight is 467 g/mol. The highest BCUT2D eigenvalue weighted by atomic mass is 35.5. The normalized spacial score (nSPS) is 11.7. The summed E-state index contributed by atoms with van der Waals surface area (Å²) in [4.78, 5) is 17.3. The molecule has 0 radical (unpaired) electrons. The first-order valence-electron chi connectivity index (χ1n) is 9.91. The molecule has 0 saturated heterocycles. The van der Waals surface area contributed by atoms with Crippen molar-refractivity contribution in [3.63, 3.8) is 0 Å². The first kappa shape index (κ1) is 21.9. The third kappa shape index (κ3) is 4.64. The average Bonchev–Trinajstić information content (AvgIpc) is 2.82. The number of benzene rings is 3. The fourth-order valence-corrected chi connectivity index (χ4v) is 4.04. The summed E-state index contributed by atoms with van der Waals surface area (Å²) < 4.78 is 11.3. The van der Waals surface area contributed by atoms with Crippen molar-refractivity contribution in [2.24, 2.45) is 0 Å². The molecule has 1 amide bonds. The molecule has 1 aromatic heterocycles. The molecule has 4 rings (SSSR count). The second-order valence-electron chi connectivity index (χ2n) is 7.00. The van der Waals surface area contributed by atoms with E-state index in [4.69, 9.17) is 32.7 Å². The molecule has 5 nitrogen and oxygen atoms in total. The lowest BCUT2D eigenvalue weighted by Gasteiger charge is -2.24. The van der Waals surface area contributed by atoms with E-state index in [0.29, 0.717) is 38.2 Å². The van der Waals surface area contributed by atoms with Crippen molar-refractivity contribution < 1.29 is 14.3 Å². The molecule has 0 bridgehead atoms. The maximum absolute atomic E-state index is 12.9. The number of hydrogen-bond donors (Lipinski definition) is 1. The van der Waals surface area contributed by atoms with Crippen LogP contribution in [0.4, 0.5) is 0 Å². The van der Waals surface area contributed by atoms with Gasteiger partial charge in [-0.05, 0) is 42.0 Å². The van der Waals surface area contributed by atoms with Crippen LogP contribution in [0.2, 0.25) is 10.0 Å². The first-order chi connectivity index (χ1) is 15.6. The van der Waals surface area contributed by atoms with Gasteiger partial charge in [0, 0.05) is 22.2 Å². The van der Waals surface area contributed by atoms with E-state index in [9.17, 15) is 4.79 Å². The zero-order valence-corrected chi connectivity index (χ0v) is 18.7. The monoisotopic (exact) mass is 466 g/mol. The summed E-state index contributed by atoms with van der Waals surface area (Å²) in [7, 11) is 1.56. The van der Waals surface area contributed by atoms with Crippen LogP contribution >= 0.6 is 23.2 Å². The Morgan fingerprint density at radius 2 is 1.72 bits per heavy atom. The Balaban J connectivity index is 1.74. The van der Waals surface area contributed by atoms with E-state index in [1.54, 1.807) is 37.6 Å². The topological polar surface area (TPSA) is 60.5 Å². The van der Waals surface area contributed by atoms with Crippen LogP contribution in [0.15, 0.2) is 79.0 Å². The van der Waals surface area contributed by atoms with Gasteiger partial charge in [0.25, 0.3) is 5.91 Å². The van der Waals surface area contributed by atoms with Crippen molar-refractivity contribution >= 4 is 40.0 Å². The molecule has 4 aromatic rings. The fraction of sp³-hybridized carbons (Fsp3) is 0.120. The van der Waals surface area contributed by atoms with Gasteiger partial charge in [0.2, 0.25) is 0 Å². The van der Waals surface area contributed by atoms with E-state index >= 15 is 0 Å². The molecule has 1 heterocycles. The third-order valence-corrected chi connectivity index (χ3v) is 5.63. The summed E-state index contributed by atoms with van der Waals surface area (Å²) in [5.74, 6) is 0.796. The van der Waals surface area contributed by atoms with Gasteiger partial charge in [-0.1, -0.05) is 59.6 Å². The van der Waals surface area contributed by atoms with Crippen molar-refractivity contribution in [3.8, 4) is 11.5 Å². The number of amides is 1. The van der Waals surface area contributed by atoms with Crippen molar-refractivity contribution in [3.05, 3.63) is 100 Å². The van der Waals surface area contributed by atoms with Gasteiger partial charge in [0.15, 0.2) is 12.4 Å². The number of fused-ring (bicyclic) bond motifs is 1. The molecule has 0 aliphatic rings. The summed E-state index contributed by atoms with van der Waals surface area (Å²) in [6.45, 7) is -0.160. The van der Waals surface area contributed by atoms with Gasteiger partial charge in [0.1, 0.15) is 11.3 Å². The minimum absolute atomic E-state index is 0.160. The summed E-state index contributed by atoms with van der Waals surface area (Å²) in [6.07, 6.45) is 1.67. The molecule has 1 unspecified atom stereocenters. The van der Waals surface area contributed by atoms with Gasteiger partial charge in [-0.25, -0.2) is 0 Å². The minimum Gasteiger partial charge on any atom is -0.494 e. The molecule has 162 valence electrons. The van der Waals surface area contributed by atoms with Crippen LogP contribution in [0.25, 0.3) is 10.9 Å². The van der Waals surface area contributed by atoms with Gasteiger partial charge < -0.3 is 14.8 Å². The lowest BCUT2D eigenvalue weighted by Crippen LogP contribution is -2.33. The number of nitrogens with one attached hydrogen (secondary N) is 1. The van der Waals surface area contributed by atoms with Gasteiger partial charge >= 0.3 is 0 Å². The SMILES string of the molecule is COc1c(C(NC(=O)COc2ccccc2)c2ccccc2Cl)cc(Cl)c2cccnc12. The Morgan fingerprint density at radius 3 is 2.47 bits per heavy atom. The molecule has 1 N–H and O–H groups in total. The minimum atomic E-state index is -0.630. The zero-order valence-electron chi connectivity index (χ0n) is 17.2. The molecule has 0 saturated carbocycles. The largest absolute Gasteiger partial charge is 0.494 e. The summed E-state index contributed by atoms with van der Waals surface area (Å²) in [5.41, 5.74) is 1.95. The number of para-hydroxylation sites is 1. The van der Waals surface area contributed by atoms with E-state index in [2.05, 4.69) is 10.3 Å². The first-order valence-corrected chi connectivity index (χ1v) is 10.7. The van der Waals surface area contributed by atoms with Crippen LogP contribution in [0.5, 0.6) is 11.5 Å². The number of carbonyl (C=O) groups is 1. The van der Waals surface area contributed by atoms with Crippen LogP contribution in [0.1, 0.15) is 17.2 Å². The Kier molecular flexibility index (Phi) is 6.78. The summed E-state index contributed by atoms with van der Waals surface area (Å²) in [5, 5.41) is 4.77. The van der Waals surface area contributed by atoms with Crippen molar-refractivity contribution in [2.75, 3.05) is 13.7 Å². The number of nitrogens with zero attached hydrogens (tertiary/aromatic N) is 1. The van der Waals surface area contributed by atoms with E-state index in [0.717, 1.165) is 5.39 Å². The highest BCUT2D eigenvalue weighted by Crippen LogP contribution is 2.40. The van der Waals surface area contributed by atoms with Crippen molar-refractivity contribution in [1.82, 2.24) is 10.3 Å². The molecular weight excluding hydrogens is 447 g/mol. The van der Waals surface area contributed by atoms with E-state index in [1.165, 1.54) is 0 Å². The number of hydrogen-bond acceptors (Lipinski definition) is 4. The Labute approximate surface area is 195 Å². The number of carbonyl (C=O) groups excluding carboxylic acids is 1. The van der Waals surface area contributed by atoms with Crippen LogP contribution < -0.4 is 14.8 Å². The van der Waals surface area contributed by atoms with Gasteiger partial charge in [-0.3, -0.25) is 9.78 Å². The predicted molar refractivity (Wildman–Crippen MR) is 127 cm³/mol. The number of pyridine rings is 1. The molecule has 32 heavy (non-hydrogen) atoms. The number of halogens is 2. The molecule has 0 spiro atoms. The fourth-order valence-electron chi connectivity index (χ4n) is 3.52. The summed E-state index contributed by atoms with van der Waals surface area (Å²) in [6, 6.07) is 21.3. The second-order valence-corrected chi connectivity index (χ2v) is 7.82. The van der Waals surface area contributed by atoms with Gasteiger partial charge in [-0.15, -0.1) is 0 Å². The zero-order chi connectivity index (χ0) is 22.5. The van der Waals surface area contributed by atoms with Gasteiger partial charge in [0.05, 0.1) is 18.2 Å². The van der Waals surface area contributed by atoms with E-state index in [1.807, 2.05) is 48.5 Å². The molecule has 0 aliphatic heterocycles. The standard InChI is InChI=1S/C25H20Cl2N2O3/c1-31-25-19(14-21(27)18-11-7-13-28-24(18)25)23(17-10-5-6-12-20(17)26)29-22(30)15-32-16-8-3-2-4-9-16/h2-14,23H,15H2,1H3,(H,29,30). The molecule has 7 heteroatoms. The van der Waals surface area contributed by atoms with Crippen LogP contribution in [-0.2, 0) is 4.79 Å². The predicted octanol–water partition coefficient (Wildman–Crippen LogP) is 5.83. The summed E-state index contributed by atoms with van der Waals surface area (Å²) >= 11 is 13.1. The van der Waals surface area contributed by atoms with Crippen molar-refractivity contribution in [1.29, 1.82) is 0 Å². The second kappa shape index (κ2) is 9.90. The maximum atomic E-state index is 12.9. The Bertz CT molecular complexity index is 1250. The maximum Gasteiger partial charge on any atom is 0.258 e. The van der Waals surface area contributed by atoms with E-state index in [-0.39, 0.29) is 12.5 Å². The quantitative estimate of drug-likeness (QED) is 0.371. The molecule has 3 aromatic carbocycles. The number of aromatic nitrogens is 1. The molecular formula is C25H20Cl2N2O3. The smallest absolute Gasteiger partial charge is 0.258 e. The van der Waals surface area contributed by atoms with E-state index < -0.39 is 6.04 Å². The molecule has 0 fully saturated rings. The lowest BCUT2D eigenvalue weighted by atomic mass is 9.96. The number of ether oxygens (including phenoxy) is 2.